The lowest BCUT2D eigenvalue weighted by molar-refractivity contribution is -0.133. The van der Waals surface area contributed by atoms with Crippen LogP contribution in [-0.4, -0.2) is 88.6 Å². The van der Waals surface area contributed by atoms with Crippen LogP contribution in [0.3, 0.4) is 0 Å². The van der Waals surface area contributed by atoms with Gasteiger partial charge in [0.1, 0.15) is 35.6 Å². The van der Waals surface area contributed by atoms with E-state index in [4.69, 9.17) is 10.2 Å². The van der Waals surface area contributed by atoms with E-state index in [1.165, 1.54) is 38.7 Å². The molecule has 2 aromatic rings. The van der Waals surface area contributed by atoms with E-state index in [0.717, 1.165) is 12.8 Å². The van der Waals surface area contributed by atoms with Crippen molar-refractivity contribution in [3.05, 3.63) is 48.4 Å². The number of hydrogen-bond donors (Lipinski definition) is 7. The van der Waals surface area contributed by atoms with Crippen molar-refractivity contribution < 1.29 is 38.0 Å². The first kappa shape index (κ1) is 37.1. The predicted octanol–water partition coefficient (Wildman–Crippen LogP) is -1.41. The summed E-state index contributed by atoms with van der Waals surface area (Å²) in [6.07, 6.45) is 8.13. The standard InChI is InChI=1S/C31H43N9O8/c1-18(41)37-22(27(32)43)9-11-36-28(44)23(6-3-10-35-29(45)26-17-33-12-13-34-26)39-31(47)25(16-21-5-4-14-48-21)40-30(46)24(38-19(2)42)15-20-7-8-20/h4-5,12-14,17,20,22-25H,3,6-11,15-16H2,1-2H3,(H2,32,43)(H,35,45)(H,36,44)(H,37,41)(H,38,42)(H,39,47)(H,40,46)/t22-,23-,24-,25-/m0/s1. The topological polar surface area (TPSA) is 257 Å². The molecule has 2 aromatic heterocycles. The quantitative estimate of drug-likeness (QED) is 0.0811. The number of carbonyl (C=O) groups is 7. The lowest BCUT2D eigenvalue weighted by atomic mass is 10.1. The Morgan fingerprint density at radius 1 is 0.833 bits per heavy atom. The zero-order chi connectivity index (χ0) is 35.1. The fraction of sp³-hybridized carbons (Fsp3) is 0.516. The van der Waals surface area contributed by atoms with Crippen molar-refractivity contribution in [1.82, 2.24) is 41.9 Å². The number of rotatable bonds is 20. The van der Waals surface area contributed by atoms with Crippen LogP contribution in [-0.2, 0) is 35.2 Å². The zero-order valence-corrected chi connectivity index (χ0v) is 27.0. The van der Waals surface area contributed by atoms with Crippen LogP contribution in [0.4, 0.5) is 0 Å². The molecule has 0 aromatic carbocycles. The van der Waals surface area contributed by atoms with Gasteiger partial charge in [-0.1, -0.05) is 12.8 Å². The minimum atomic E-state index is -1.18. The van der Waals surface area contributed by atoms with E-state index in [1.807, 2.05) is 0 Å². The van der Waals surface area contributed by atoms with Gasteiger partial charge in [0.05, 0.1) is 12.5 Å². The molecule has 0 aliphatic heterocycles. The monoisotopic (exact) mass is 669 g/mol. The van der Waals surface area contributed by atoms with Gasteiger partial charge in [0, 0.05) is 45.8 Å². The SMILES string of the molecule is CC(=O)N[C@@H](CCNC(=O)[C@H](CCCNC(=O)c1cnccn1)NC(=O)[C@H](Cc1ccco1)NC(=O)[C@H](CC1CC1)NC(C)=O)C(N)=O. The average Bonchev–Trinajstić information content (AvgIpc) is 3.71. The van der Waals surface area contributed by atoms with Gasteiger partial charge < -0.3 is 42.1 Å². The number of carbonyl (C=O) groups excluding carboxylic acids is 7. The molecule has 0 saturated heterocycles. The number of hydrogen-bond acceptors (Lipinski definition) is 10. The number of nitrogens with two attached hydrogens (primary N) is 1. The van der Waals surface area contributed by atoms with Crippen molar-refractivity contribution in [2.45, 2.75) is 83.0 Å². The van der Waals surface area contributed by atoms with Crippen LogP contribution in [0, 0.1) is 5.92 Å². The maximum Gasteiger partial charge on any atom is 0.271 e. The highest BCUT2D eigenvalue weighted by molar-refractivity contribution is 5.94. The van der Waals surface area contributed by atoms with Crippen molar-refractivity contribution in [3.63, 3.8) is 0 Å². The summed E-state index contributed by atoms with van der Waals surface area (Å²) in [7, 11) is 0. The van der Waals surface area contributed by atoms with Crippen molar-refractivity contribution in [2.75, 3.05) is 13.1 Å². The molecule has 4 atom stereocenters. The first-order chi connectivity index (χ1) is 22.9. The van der Waals surface area contributed by atoms with Crippen molar-refractivity contribution in [2.24, 2.45) is 11.7 Å². The third-order valence-corrected chi connectivity index (χ3v) is 7.42. The highest BCUT2D eigenvalue weighted by Gasteiger charge is 2.33. The van der Waals surface area contributed by atoms with Crippen molar-refractivity contribution in [3.8, 4) is 0 Å². The van der Waals surface area contributed by atoms with E-state index in [9.17, 15) is 33.6 Å². The second-order valence-electron chi connectivity index (χ2n) is 11.6. The lowest BCUT2D eigenvalue weighted by Gasteiger charge is -2.25. The Balaban J connectivity index is 1.71. The minimum absolute atomic E-state index is 0.00179. The van der Waals surface area contributed by atoms with E-state index in [2.05, 4.69) is 41.9 Å². The highest BCUT2D eigenvalue weighted by Crippen LogP contribution is 2.33. The van der Waals surface area contributed by atoms with E-state index < -0.39 is 59.6 Å². The van der Waals surface area contributed by atoms with E-state index in [0.29, 0.717) is 18.1 Å². The van der Waals surface area contributed by atoms with Gasteiger partial charge >= 0.3 is 0 Å². The van der Waals surface area contributed by atoms with Crippen molar-refractivity contribution >= 4 is 41.4 Å². The molecule has 0 radical (unpaired) electrons. The van der Waals surface area contributed by atoms with Crippen LogP contribution >= 0.6 is 0 Å². The zero-order valence-electron chi connectivity index (χ0n) is 27.0. The molecule has 1 saturated carbocycles. The molecule has 0 bridgehead atoms. The summed E-state index contributed by atoms with van der Waals surface area (Å²) in [6, 6.07) is -0.911. The number of nitrogens with zero attached hydrogens (tertiary/aromatic N) is 2. The number of furan rings is 1. The Kier molecular flexibility index (Phi) is 14.5. The maximum absolute atomic E-state index is 13.7. The molecule has 48 heavy (non-hydrogen) atoms. The predicted molar refractivity (Wildman–Crippen MR) is 169 cm³/mol. The minimum Gasteiger partial charge on any atom is -0.469 e. The van der Waals surface area contributed by atoms with E-state index in [1.54, 1.807) is 12.1 Å². The Labute approximate surface area is 277 Å². The van der Waals surface area contributed by atoms with Gasteiger partial charge in [-0.2, -0.15) is 0 Å². The second-order valence-corrected chi connectivity index (χ2v) is 11.6. The first-order valence-corrected chi connectivity index (χ1v) is 15.7. The Hall–Kier alpha value is -5.35. The Bertz CT molecular complexity index is 1420. The molecule has 8 N–H and O–H groups in total. The molecule has 1 aliphatic rings. The molecule has 1 fully saturated rings. The smallest absolute Gasteiger partial charge is 0.271 e. The summed E-state index contributed by atoms with van der Waals surface area (Å²) < 4.78 is 5.41. The number of aromatic nitrogens is 2. The number of primary amides is 1. The van der Waals surface area contributed by atoms with Gasteiger partial charge in [-0.3, -0.25) is 38.5 Å². The normalized spacial score (nSPS) is 14.7. The Morgan fingerprint density at radius 2 is 1.52 bits per heavy atom. The average molecular weight is 670 g/mol. The van der Waals surface area contributed by atoms with Gasteiger partial charge in [-0.05, 0) is 43.7 Å². The molecule has 3 rings (SSSR count). The Morgan fingerprint density at radius 3 is 2.12 bits per heavy atom. The highest BCUT2D eigenvalue weighted by atomic mass is 16.3. The molecular weight excluding hydrogens is 626 g/mol. The molecule has 0 unspecified atom stereocenters. The lowest BCUT2D eigenvalue weighted by Crippen LogP contribution is -2.57. The van der Waals surface area contributed by atoms with Gasteiger partial charge in [0.25, 0.3) is 5.91 Å². The summed E-state index contributed by atoms with van der Waals surface area (Å²) in [5, 5.41) is 15.8. The molecule has 17 heteroatoms. The van der Waals surface area contributed by atoms with Crippen LogP contribution in [0.2, 0.25) is 0 Å². The first-order valence-electron chi connectivity index (χ1n) is 15.7. The molecule has 2 heterocycles. The summed E-state index contributed by atoms with van der Waals surface area (Å²) in [5.41, 5.74) is 5.46. The van der Waals surface area contributed by atoms with E-state index in [-0.39, 0.29) is 50.4 Å². The summed E-state index contributed by atoms with van der Waals surface area (Å²) in [4.78, 5) is 95.4. The van der Waals surface area contributed by atoms with Gasteiger partial charge in [0.2, 0.25) is 35.4 Å². The largest absolute Gasteiger partial charge is 0.469 e. The van der Waals surface area contributed by atoms with Crippen LogP contribution in [0.5, 0.6) is 0 Å². The van der Waals surface area contributed by atoms with Crippen LogP contribution < -0.4 is 37.6 Å². The third kappa shape index (κ3) is 13.2. The number of amides is 7. The molecule has 0 spiro atoms. The van der Waals surface area contributed by atoms with Crippen LogP contribution in [0.1, 0.15) is 68.6 Å². The molecule has 1 aliphatic carbocycles. The van der Waals surface area contributed by atoms with E-state index >= 15 is 0 Å². The third-order valence-electron chi connectivity index (χ3n) is 7.42. The van der Waals surface area contributed by atoms with Gasteiger partial charge in [0.15, 0.2) is 0 Å². The molecule has 260 valence electrons. The fourth-order valence-electron chi connectivity index (χ4n) is 4.83. The molecule has 17 nitrogen and oxygen atoms in total. The molecular formula is C31H43N9O8. The number of nitrogens with one attached hydrogen (secondary N) is 6. The van der Waals surface area contributed by atoms with Crippen LogP contribution in [0.25, 0.3) is 0 Å². The maximum atomic E-state index is 13.7. The summed E-state index contributed by atoms with van der Waals surface area (Å²) >= 11 is 0. The van der Waals surface area contributed by atoms with Crippen LogP contribution in [0.15, 0.2) is 41.4 Å². The van der Waals surface area contributed by atoms with Gasteiger partial charge in [-0.25, -0.2) is 4.98 Å². The molecule has 7 amide bonds. The summed E-state index contributed by atoms with van der Waals surface area (Å²) in [6.45, 7) is 2.61. The fourth-order valence-corrected chi connectivity index (χ4v) is 4.83. The van der Waals surface area contributed by atoms with Gasteiger partial charge in [-0.15, -0.1) is 0 Å². The van der Waals surface area contributed by atoms with Crippen molar-refractivity contribution in [1.29, 1.82) is 0 Å². The second kappa shape index (κ2) is 18.7. The summed E-state index contributed by atoms with van der Waals surface area (Å²) in [5.74, 6) is -3.25.